The van der Waals surface area contributed by atoms with Crippen molar-refractivity contribution in [1.82, 2.24) is 0 Å². The summed E-state index contributed by atoms with van der Waals surface area (Å²) in [6.07, 6.45) is 0. The van der Waals surface area contributed by atoms with E-state index in [0.29, 0.717) is 0 Å². The molecule has 0 saturated heterocycles. The van der Waals surface area contributed by atoms with Crippen LogP contribution in [0.4, 0.5) is 0 Å². The van der Waals surface area contributed by atoms with Crippen LogP contribution in [0, 0.1) is 0 Å². The summed E-state index contributed by atoms with van der Waals surface area (Å²) in [6, 6.07) is 0. The molecule has 49 valence electrons. The van der Waals surface area contributed by atoms with Crippen LogP contribution < -0.4 is 0 Å². The molecule has 0 fully saturated rings. The Balaban J connectivity index is -0.0000000800. The Morgan fingerprint density at radius 3 is 1.14 bits per heavy atom. The van der Waals surface area contributed by atoms with Crippen LogP contribution in [0.15, 0.2) is 0 Å². The molecule has 0 aliphatic carbocycles. The number of phosphoric acid groups is 1. The number of hydrogen-bond acceptors (Lipinski definition) is 1. The van der Waals surface area contributed by atoms with Crippen molar-refractivity contribution in [1.29, 1.82) is 0 Å². The first-order valence-electron chi connectivity index (χ1n) is 0.783. The van der Waals surface area contributed by atoms with Crippen molar-refractivity contribution in [2.45, 2.75) is 0 Å². The van der Waals surface area contributed by atoms with Gasteiger partial charge in [-0.1, -0.05) is 0 Å². The van der Waals surface area contributed by atoms with Crippen LogP contribution in [0.1, 0.15) is 0 Å². The fourth-order valence-corrected chi connectivity index (χ4v) is 0. The average molecular weight is 192 g/mol. The molecule has 0 amide bonds. The van der Waals surface area contributed by atoms with Crippen LogP contribution in [0.25, 0.3) is 0 Å². The molecule has 1 radical (unpaired) electrons. The minimum absolute atomic E-state index is 0. The topological polar surface area (TPSA) is 77.8 Å². The molecule has 4 nitrogen and oxygen atoms in total. The molecule has 0 rings (SSSR count). The van der Waals surface area contributed by atoms with Crippen LogP contribution in [-0.2, 0) is 21.6 Å². The third kappa shape index (κ3) is 141. The van der Waals surface area contributed by atoms with Crippen molar-refractivity contribution in [2.75, 3.05) is 0 Å². The van der Waals surface area contributed by atoms with Gasteiger partial charge in [0.25, 0.3) is 0 Å². The maximum Gasteiger partial charge on any atom is 0.466 e. The molecular weight excluding hydrogens is 185 g/mol. The van der Waals surface area contributed by atoms with E-state index in [1.54, 1.807) is 0 Å². The first kappa shape index (κ1) is 15.7. The molecule has 0 spiro atoms. The second kappa shape index (κ2) is 5.30. The van der Waals surface area contributed by atoms with Gasteiger partial charge in [-0.3, -0.25) is 0 Å². The second-order valence-electron chi connectivity index (χ2n) is 0.513. The molecule has 0 aromatic heterocycles. The molecule has 0 aliphatic rings. The Morgan fingerprint density at radius 1 is 1.14 bits per heavy atom. The Morgan fingerprint density at radius 2 is 1.14 bits per heavy atom. The van der Waals surface area contributed by atoms with Crippen LogP contribution in [-0.4, -0.2) is 32.0 Å². The van der Waals surface area contributed by atoms with Crippen LogP contribution >= 0.6 is 7.82 Å². The Kier molecular flexibility index (Phi) is 11.9. The van der Waals surface area contributed by atoms with Gasteiger partial charge in [0.05, 0.1) is 0 Å². The second-order valence-corrected chi connectivity index (χ2v) is 1.54. The molecule has 0 aromatic carbocycles. The quantitative estimate of drug-likeness (QED) is 0.302. The molecule has 0 heterocycles. The van der Waals surface area contributed by atoms with Crippen LogP contribution in [0.5, 0.6) is 0 Å². The van der Waals surface area contributed by atoms with Crippen LogP contribution in [0.2, 0.25) is 0 Å². The Labute approximate surface area is 61.8 Å². The van der Waals surface area contributed by atoms with E-state index in [2.05, 4.69) is 0 Å². The fourth-order valence-electron chi connectivity index (χ4n) is 0. The summed E-state index contributed by atoms with van der Waals surface area (Å²) >= 11 is 0. The van der Waals surface area contributed by atoms with Gasteiger partial charge in [0, 0.05) is 17.1 Å². The predicted molar refractivity (Wildman–Crippen MR) is 24.2 cm³/mol. The average Bonchev–Trinajstić information content (AvgIpc) is 0.722. The predicted octanol–water partition coefficient (Wildman–Crippen LogP) is -2.12. The summed E-state index contributed by atoms with van der Waals surface area (Å²) in [5, 5.41) is 0. The molecule has 0 aliphatic heterocycles. The van der Waals surface area contributed by atoms with Crippen molar-refractivity contribution in [3.63, 3.8) is 0 Å². The molecule has 7 heteroatoms. The van der Waals surface area contributed by atoms with Crippen molar-refractivity contribution in [3.8, 4) is 0 Å². The maximum atomic E-state index is 8.88. The van der Waals surface area contributed by atoms with E-state index in [1.165, 1.54) is 0 Å². The molecule has 0 unspecified atom stereocenters. The van der Waals surface area contributed by atoms with E-state index in [4.69, 9.17) is 19.2 Å². The zero-order valence-corrected chi connectivity index (χ0v) is 4.33. The summed E-state index contributed by atoms with van der Waals surface area (Å²) in [7, 11) is -4.64. The van der Waals surface area contributed by atoms with Crippen molar-refractivity contribution in [3.05, 3.63) is 0 Å². The largest absolute Gasteiger partial charge is 0.466 e. The molecule has 3 N–H and O–H groups in total. The molecule has 7 heavy (non-hydrogen) atoms. The third-order valence-corrected chi connectivity index (χ3v) is 0. The van der Waals surface area contributed by atoms with Crippen LogP contribution in [0.3, 0.4) is 0 Å². The first-order valence-corrected chi connectivity index (χ1v) is 2.35. The van der Waals surface area contributed by atoms with Gasteiger partial charge in [0.2, 0.25) is 0 Å². The van der Waals surface area contributed by atoms with Gasteiger partial charge < -0.3 is 14.7 Å². The zero-order chi connectivity index (χ0) is 4.50. The Bertz CT molecular complexity index is 57.8. The van der Waals surface area contributed by atoms with Gasteiger partial charge in [-0.15, -0.1) is 0 Å². The minimum atomic E-state index is -4.64. The number of hydrogen-bond donors (Lipinski definition) is 3. The third-order valence-electron chi connectivity index (χ3n) is 0. The monoisotopic (exact) mass is 191 g/mol. The van der Waals surface area contributed by atoms with E-state index in [0.717, 1.165) is 0 Å². The van der Waals surface area contributed by atoms with Gasteiger partial charge in [0.1, 0.15) is 0 Å². The van der Waals surface area contributed by atoms with Crippen molar-refractivity contribution >= 4 is 25.2 Å². The normalized spacial score (nSPS) is 8.43. The van der Waals surface area contributed by atoms with Gasteiger partial charge in [-0.25, -0.2) is 4.57 Å². The zero-order valence-electron chi connectivity index (χ0n) is 2.50. The molecule has 0 atom stereocenters. The standard InChI is InChI=1S/Al.Cu.H3O4P.3H/c;;1-5(2,3)4;;;/h;;(H3,1,2,3,4);;;. The van der Waals surface area contributed by atoms with E-state index < -0.39 is 7.82 Å². The van der Waals surface area contributed by atoms with E-state index in [1.807, 2.05) is 0 Å². The first-order chi connectivity index (χ1) is 2.00. The van der Waals surface area contributed by atoms with Gasteiger partial charge in [-0.05, 0) is 0 Å². The van der Waals surface area contributed by atoms with Crippen molar-refractivity contribution < 1.29 is 36.3 Å². The van der Waals surface area contributed by atoms with E-state index >= 15 is 0 Å². The minimum Gasteiger partial charge on any atom is -0.303 e. The van der Waals surface area contributed by atoms with E-state index in [9.17, 15) is 0 Å². The molecule has 0 saturated carbocycles. The van der Waals surface area contributed by atoms with Gasteiger partial charge in [0.15, 0.2) is 17.4 Å². The van der Waals surface area contributed by atoms with Crippen molar-refractivity contribution in [2.24, 2.45) is 0 Å². The molecule has 0 aromatic rings. The molecule has 0 bridgehead atoms. The van der Waals surface area contributed by atoms with E-state index in [-0.39, 0.29) is 34.4 Å². The van der Waals surface area contributed by atoms with Gasteiger partial charge >= 0.3 is 7.82 Å². The summed E-state index contributed by atoms with van der Waals surface area (Å²) < 4.78 is 8.88. The SMILES string of the molecule is O=P(O)(O)O.[AlH3].[Cu]. The van der Waals surface area contributed by atoms with Gasteiger partial charge in [-0.2, -0.15) is 0 Å². The summed E-state index contributed by atoms with van der Waals surface area (Å²) in [5.41, 5.74) is 0. The maximum absolute atomic E-state index is 8.88. The Hall–Kier alpha value is 1.16. The smallest absolute Gasteiger partial charge is 0.303 e. The number of rotatable bonds is 0. The summed E-state index contributed by atoms with van der Waals surface area (Å²) in [5.74, 6) is 0. The fraction of sp³-hybridized carbons (Fsp3) is 0. The molecular formula is H6AlCuO4P. The summed E-state index contributed by atoms with van der Waals surface area (Å²) in [4.78, 5) is 21.6. The summed E-state index contributed by atoms with van der Waals surface area (Å²) in [6.45, 7) is 0.